The maximum Gasteiger partial charge on any atom is 0.414 e. The normalized spacial score (nSPS) is 38.0. The van der Waals surface area contributed by atoms with Crippen molar-refractivity contribution in [1.29, 1.82) is 0 Å². The number of aliphatic carboxylic acids is 2. The number of carboxylic acids is 2. The van der Waals surface area contributed by atoms with Gasteiger partial charge in [-0.05, 0) is 43.4 Å². The zero-order valence-corrected chi connectivity index (χ0v) is 18.3. The number of ether oxygens (including phenoxy) is 4. The van der Waals surface area contributed by atoms with Crippen molar-refractivity contribution in [1.82, 2.24) is 5.32 Å². The zero-order chi connectivity index (χ0) is 22.8. The van der Waals surface area contributed by atoms with Crippen molar-refractivity contribution in [2.75, 3.05) is 33.9 Å². The topological polar surface area (TPSA) is 144 Å². The minimum atomic E-state index is -1.82. The Morgan fingerprint density at radius 3 is 2.42 bits per heavy atom. The Balaban J connectivity index is 0.000000401. The second-order valence-corrected chi connectivity index (χ2v) is 9.27. The van der Waals surface area contributed by atoms with Crippen LogP contribution in [0.5, 0.6) is 0 Å². The number of fused-ring (bicyclic) bond motifs is 3. The number of hydrogen-bond acceptors (Lipinski definition) is 8. The van der Waals surface area contributed by atoms with Gasteiger partial charge in [0.1, 0.15) is 6.10 Å². The van der Waals surface area contributed by atoms with E-state index in [9.17, 15) is 4.79 Å². The van der Waals surface area contributed by atoms with Crippen LogP contribution in [0.4, 0.5) is 0 Å². The second kappa shape index (κ2) is 9.40. The van der Waals surface area contributed by atoms with E-state index in [2.05, 4.69) is 12.2 Å². The maximum atomic E-state index is 12.5. The van der Waals surface area contributed by atoms with Gasteiger partial charge in [0.2, 0.25) is 0 Å². The van der Waals surface area contributed by atoms with Gasteiger partial charge in [-0.2, -0.15) is 0 Å². The van der Waals surface area contributed by atoms with Gasteiger partial charge in [0.05, 0.1) is 18.1 Å². The van der Waals surface area contributed by atoms with Gasteiger partial charge in [0, 0.05) is 33.2 Å². The molecule has 0 amide bonds. The number of carbonyl (C=O) groups excluding carboxylic acids is 1. The van der Waals surface area contributed by atoms with Gasteiger partial charge < -0.3 is 34.5 Å². The van der Waals surface area contributed by atoms with Crippen LogP contribution in [0.3, 0.4) is 0 Å². The zero-order valence-electron chi connectivity index (χ0n) is 18.3. The molecule has 0 aromatic rings. The summed E-state index contributed by atoms with van der Waals surface area (Å²) in [7, 11) is 3.24. The fourth-order valence-electron chi connectivity index (χ4n) is 5.81. The van der Waals surface area contributed by atoms with E-state index in [1.165, 1.54) is 19.3 Å². The third-order valence-corrected chi connectivity index (χ3v) is 7.46. The third-order valence-electron chi connectivity index (χ3n) is 7.46. The summed E-state index contributed by atoms with van der Waals surface area (Å²) in [6.45, 7) is 4.49. The molecule has 3 N–H and O–H groups in total. The molecule has 4 rings (SSSR count). The van der Waals surface area contributed by atoms with E-state index in [0.29, 0.717) is 24.9 Å². The molecule has 31 heavy (non-hydrogen) atoms. The Morgan fingerprint density at radius 2 is 1.87 bits per heavy atom. The molecular formula is C21H33NO9. The first-order valence-electron chi connectivity index (χ1n) is 10.7. The highest BCUT2D eigenvalue weighted by Crippen LogP contribution is 2.62. The van der Waals surface area contributed by atoms with Crippen molar-refractivity contribution in [3.8, 4) is 0 Å². The van der Waals surface area contributed by atoms with Gasteiger partial charge in [0.25, 0.3) is 0 Å². The SMILES string of the molecule is COC(CNCC1C(=O)O[C@@H]2C[C@@]3(C)CCCC4(CO4)C3C[C@H]12)OC.O=C(O)C(=O)O. The van der Waals surface area contributed by atoms with E-state index in [1.807, 2.05) is 0 Å². The molecule has 0 bridgehead atoms. The number of esters is 1. The van der Waals surface area contributed by atoms with Crippen LogP contribution in [0.25, 0.3) is 0 Å². The van der Waals surface area contributed by atoms with Crippen molar-refractivity contribution in [2.24, 2.45) is 23.2 Å². The molecule has 2 saturated carbocycles. The number of hydrogen-bond donors (Lipinski definition) is 3. The molecule has 4 aliphatic rings. The van der Waals surface area contributed by atoms with Crippen molar-refractivity contribution in [3.63, 3.8) is 0 Å². The summed E-state index contributed by atoms with van der Waals surface area (Å²) in [6.07, 6.45) is 5.49. The first kappa shape index (κ1) is 23.9. The Kier molecular flexibility index (Phi) is 7.25. The monoisotopic (exact) mass is 443 g/mol. The Bertz CT molecular complexity index is 678. The van der Waals surface area contributed by atoms with Crippen LogP contribution in [0.2, 0.25) is 0 Å². The molecule has 3 unspecified atom stereocenters. The minimum absolute atomic E-state index is 0.0399. The number of carboxylic acid groups (broad SMARTS) is 2. The predicted molar refractivity (Wildman–Crippen MR) is 106 cm³/mol. The number of nitrogens with one attached hydrogen (secondary N) is 1. The second-order valence-electron chi connectivity index (χ2n) is 9.27. The molecule has 2 saturated heterocycles. The molecule has 2 aliphatic carbocycles. The van der Waals surface area contributed by atoms with E-state index in [4.69, 9.17) is 38.7 Å². The molecule has 4 fully saturated rings. The summed E-state index contributed by atoms with van der Waals surface area (Å²) < 4.78 is 22.2. The molecule has 0 aromatic carbocycles. The van der Waals surface area contributed by atoms with Crippen LogP contribution >= 0.6 is 0 Å². The summed E-state index contributed by atoms with van der Waals surface area (Å²) in [5.41, 5.74) is 0.370. The first-order valence-corrected chi connectivity index (χ1v) is 10.7. The standard InChI is InChI=1S/C19H31NO5.C2H2O4/c1-18-5-4-6-19(11-24-19)15(18)7-12-13(17(21)25-14(12)8-18)9-20-10-16(22-2)23-3;3-1(4)2(5)6/h12-16,20H,4-11H2,1-3H3;(H,3,4)(H,5,6)/t12-,13?,14-,15?,18-,19?;/m1./s1. The average molecular weight is 443 g/mol. The summed E-state index contributed by atoms with van der Waals surface area (Å²) >= 11 is 0. The maximum absolute atomic E-state index is 12.5. The number of rotatable bonds is 6. The Hall–Kier alpha value is -1.75. The highest BCUT2D eigenvalue weighted by Gasteiger charge is 2.64. The molecule has 176 valence electrons. The van der Waals surface area contributed by atoms with Crippen LogP contribution < -0.4 is 5.32 Å². The van der Waals surface area contributed by atoms with Crippen LogP contribution in [-0.4, -0.2) is 80.0 Å². The Labute approximate surface area is 181 Å². The number of epoxide rings is 1. The quantitative estimate of drug-likeness (QED) is 0.234. The van der Waals surface area contributed by atoms with Gasteiger partial charge in [-0.15, -0.1) is 0 Å². The summed E-state index contributed by atoms with van der Waals surface area (Å²) in [5, 5.41) is 18.1. The third kappa shape index (κ3) is 5.02. The van der Waals surface area contributed by atoms with Crippen molar-refractivity contribution < 1.29 is 43.5 Å². The van der Waals surface area contributed by atoms with Crippen LogP contribution in [0, 0.1) is 23.2 Å². The molecule has 1 spiro atoms. The summed E-state index contributed by atoms with van der Waals surface area (Å²) in [4.78, 5) is 30.7. The van der Waals surface area contributed by atoms with E-state index >= 15 is 0 Å². The lowest BCUT2D eigenvalue weighted by molar-refractivity contribution is -0.159. The highest BCUT2D eigenvalue weighted by atomic mass is 16.7. The van der Waals surface area contributed by atoms with E-state index < -0.39 is 11.9 Å². The molecule has 10 nitrogen and oxygen atoms in total. The van der Waals surface area contributed by atoms with Gasteiger partial charge in [0.15, 0.2) is 6.29 Å². The molecule has 0 aromatic heterocycles. The fraction of sp³-hybridized carbons (Fsp3) is 0.857. The molecule has 2 heterocycles. The average Bonchev–Trinajstić information content (AvgIpc) is 3.41. The van der Waals surface area contributed by atoms with Crippen molar-refractivity contribution in [2.45, 2.75) is 57.0 Å². The fourth-order valence-corrected chi connectivity index (χ4v) is 5.81. The Morgan fingerprint density at radius 1 is 1.23 bits per heavy atom. The first-order chi connectivity index (χ1) is 14.7. The highest BCUT2D eigenvalue weighted by molar-refractivity contribution is 6.27. The summed E-state index contributed by atoms with van der Waals surface area (Å²) in [6, 6.07) is 0. The predicted octanol–water partition coefficient (Wildman–Crippen LogP) is 0.878. The number of methoxy groups -OCH3 is 2. The molecule has 10 heteroatoms. The van der Waals surface area contributed by atoms with Crippen LogP contribution in [-0.2, 0) is 33.3 Å². The largest absolute Gasteiger partial charge is 0.473 e. The minimum Gasteiger partial charge on any atom is -0.473 e. The van der Waals surface area contributed by atoms with Gasteiger partial charge in [-0.3, -0.25) is 4.79 Å². The molecule has 0 radical (unpaired) electrons. The van der Waals surface area contributed by atoms with Crippen molar-refractivity contribution in [3.05, 3.63) is 0 Å². The summed E-state index contributed by atoms with van der Waals surface area (Å²) in [5.74, 6) is -2.88. The van der Waals surface area contributed by atoms with Crippen LogP contribution in [0.1, 0.15) is 39.0 Å². The van der Waals surface area contributed by atoms with E-state index in [1.54, 1.807) is 14.2 Å². The lowest BCUT2D eigenvalue weighted by atomic mass is 9.53. The molecule has 6 atom stereocenters. The van der Waals surface area contributed by atoms with Crippen molar-refractivity contribution >= 4 is 17.9 Å². The van der Waals surface area contributed by atoms with E-state index in [0.717, 1.165) is 19.4 Å². The van der Waals surface area contributed by atoms with Gasteiger partial charge >= 0.3 is 17.9 Å². The molecular weight excluding hydrogens is 410 g/mol. The lowest BCUT2D eigenvalue weighted by Gasteiger charge is -2.51. The van der Waals surface area contributed by atoms with Gasteiger partial charge in [-0.25, -0.2) is 9.59 Å². The lowest BCUT2D eigenvalue weighted by Crippen LogP contribution is -2.51. The van der Waals surface area contributed by atoms with Gasteiger partial charge in [-0.1, -0.05) is 6.92 Å². The van der Waals surface area contributed by atoms with Crippen LogP contribution in [0.15, 0.2) is 0 Å². The number of carbonyl (C=O) groups is 3. The van der Waals surface area contributed by atoms with E-state index in [-0.39, 0.29) is 35.3 Å². The molecule has 2 aliphatic heterocycles. The smallest absolute Gasteiger partial charge is 0.414 e.